The van der Waals surface area contributed by atoms with Crippen LogP contribution in [0.25, 0.3) is 5.52 Å². The van der Waals surface area contributed by atoms with Crippen LogP contribution < -0.4 is 11.5 Å². The minimum absolute atomic E-state index is 0.103. The Morgan fingerprint density at radius 3 is 2.36 bits per heavy atom. The molecular weight excluding hydrogens is 346 g/mol. The predicted octanol–water partition coefficient (Wildman–Crippen LogP) is 2.61. The van der Waals surface area contributed by atoms with E-state index in [2.05, 4.69) is 15.9 Å². The van der Waals surface area contributed by atoms with Gasteiger partial charge in [0.1, 0.15) is 5.69 Å². The number of nitrogens with zero attached hydrogens (tertiary/aromatic N) is 1. The van der Waals surface area contributed by atoms with Crippen LogP contribution in [0, 0.1) is 0 Å². The fraction of sp³-hybridized carbons (Fsp3) is 0. The Morgan fingerprint density at radius 2 is 1.73 bits per heavy atom. The standard InChI is InChI=1S/C16H12BrN3O2/c17-10-6-4-9(5-7-10)15(21)14-13(18)12(16(19)22)11-3-1-2-8-20(11)14/h1-8H,18H2,(H2,19,22). The third-order valence-electron chi connectivity index (χ3n) is 3.45. The number of halogens is 1. The molecule has 0 saturated carbocycles. The van der Waals surface area contributed by atoms with Crippen LogP contribution in [0.15, 0.2) is 53.1 Å². The number of carbonyl (C=O) groups is 2. The van der Waals surface area contributed by atoms with Crippen LogP contribution in [0.5, 0.6) is 0 Å². The lowest BCUT2D eigenvalue weighted by Gasteiger charge is -2.04. The molecule has 4 N–H and O–H groups in total. The van der Waals surface area contributed by atoms with Gasteiger partial charge in [0.05, 0.1) is 16.8 Å². The Labute approximate surface area is 134 Å². The molecule has 1 amide bonds. The van der Waals surface area contributed by atoms with Crippen molar-refractivity contribution in [1.29, 1.82) is 0 Å². The summed E-state index contributed by atoms with van der Waals surface area (Å²) in [6.07, 6.45) is 1.68. The Balaban J connectivity index is 2.27. The second-order valence-electron chi connectivity index (χ2n) is 4.79. The molecule has 0 saturated heterocycles. The molecule has 0 aliphatic carbocycles. The molecule has 0 spiro atoms. The number of nitrogens with two attached hydrogens (primary N) is 2. The van der Waals surface area contributed by atoms with E-state index < -0.39 is 5.91 Å². The zero-order chi connectivity index (χ0) is 15.9. The van der Waals surface area contributed by atoms with Crippen molar-refractivity contribution in [2.75, 3.05) is 5.73 Å². The summed E-state index contributed by atoms with van der Waals surface area (Å²) in [5.74, 6) is -0.922. The summed E-state index contributed by atoms with van der Waals surface area (Å²) < 4.78 is 2.47. The van der Waals surface area contributed by atoms with Gasteiger partial charge in [0, 0.05) is 16.2 Å². The summed E-state index contributed by atoms with van der Waals surface area (Å²) in [6.45, 7) is 0. The predicted molar refractivity (Wildman–Crippen MR) is 87.9 cm³/mol. The zero-order valence-electron chi connectivity index (χ0n) is 11.4. The van der Waals surface area contributed by atoms with Gasteiger partial charge >= 0.3 is 0 Å². The largest absolute Gasteiger partial charge is 0.396 e. The molecule has 0 radical (unpaired) electrons. The minimum Gasteiger partial charge on any atom is -0.396 e. The summed E-state index contributed by atoms with van der Waals surface area (Å²) in [6, 6.07) is 12.2. The average molecular weight is 358 g/mol. The molecule has 0 atom stereocenters. The molecule has 1 aromatic carbocycles. The number of carbonyl (C=O) groups excluding carboxylic acids is 2. The highest BCUT2D eigenvalue weighted by molar-refractivity contribution is 9.10. The number of ketones is 1. The van der Waals surface area contributed by atoms with Crippen LogP contribution in [0.4, 0.5) is 5.69 Å². The SMILES string of the molecule is NC(=O)c1c(N)c(C(=O)c2ccc(Br)cc2)n2ccccc12. The van der Waals surface area contributed by atoms with E-state index in [9.17, 15) is 9.59 Å². The van der Waals surface area contributed by atoms with Gasteiger partial charge in [-0.15, -0.1) is 0 Å². The fourth-order valence-corrected chi connectivity index (χ4v) is 2.72. The maximum absolute atomic E-state index is 12.8. The third kappa shape index (κ3) is 2.17. The molecule has 0 fully saturated rings. The first-order valence-corrected chi connectivity index (χ1v) is 7.28. The van der Waals surface area contributed by atoms with Gasteiger partial charge in [-0.3, -0.25) is 9.59 Å². The number of aromatic nitrogens is 1. The number of nitrogen functional groups attached to an aromatic ring is 1. The number of benzene rings is 1. The number of anilines is 1. The highest BCUT2D eigenvalue weighted by Crippen LogP contribution is 2.28. The molecule has 6 heteroatoms. The van der Waals surface area contributed by atoms with Crippen LogP contribution in [-0.2, 0) is 0 Å². The van der Waals surface area contributed by atoms with Gasteiger partial charge in [0.25, 0.3) is 5.91 Å². The minimum atomic E-state index is -0.656. The normalized spacial score (nSPS) is 10.8. The average Bonchev–Trinajstić information content (AvgIpc) is 2.79. The number of primary amides is 1. The van der Waals surface area contributed by atoms with E-state index in [4.69, 9.17) is 11.5 Å². The van der Waals surface area contributed by atoms with Gasteiger partial charge in [-0.2, -0.15) is 0 Å². The van der Waals surface area contributed by atoms with Crippen LogP contribution in [-0.4, -0.2) is 16.1 Å². The van der Waals surface area contributed by atoms with Crippen LogP contribution in [0.2, 0.25) is 0 Å². The van der Waals surface area contributed by atoms with E-state index in [1.807, 2.05) is 0 Å². The van der Waals surface area contributed by atoms with Crippen molar-refractivity contribution in [1.82, 2.24) is 4.40 Å². The van der Waals surface area contributed by atoms with Crippen LogP contribution in [0.3, 0.4) is 0 Å². The number of fused-ring (bicyclic) bond motifs is 1. The Kier molecular flexibility index (Phi) is 3.46. The fourth-order valence-electron chi connectivity index (χ4n) is 2.46. The van der Waals surface area contributed by atoms with Gasteiger partial charge in [-0.25, -0.2) is 0 Å². The molecule has 0 aliphatic rings. The summed E-state index contributed by atoms with van der Waals surface area (Å²) in [5.41, 5.74) is 13.0. The molecular formula is C16H12BrN3O2. The molecule has 110 valence electrons. The summed E-state index contributed by atoms with van der Waals surface area (Å²) in [7, 11) is 0. The smallest absolute Gasteiger partial charge is 0.253 e. The number of hydrogen-bond acceptors (Lipinski definition) is 3. The first-order valence-electron chi connectivity index (χ1n) is 6.49. The molecule has 0 aliphatic heterocycles. The lowest BCUT2D eigenvalue weighted by atomic mass is 10.1. The van der Waals surface area contributed by atoms with E-state index in [-0.39, 0.29) is 22.7 Å². The van der Waals surface area contributed by atoms with Crippen molar-refractivity contribution in [3.8, 4) is 0 Å². The van der Waals surface area contributed by atoms with Gasteiger partial charge < -0.3 is 15.9 Å². The van der Waals surface area contributed by atoms with E-state index >= 15 is 0 Å². The van der Waals surface area contributed by atoms with Crippen LogP contribution in [0.1, 0.15) is 26.4 Å². The van der Waals surface area contributed by atoms with Crippen molar-refractivity contribution < 1.29 is 9.59 Å². The lowest BCUT2D eigenvalue weighted by Crippen LogP contribution is -2.13. The molecule has 2 heterocycles. The second-order valence-corrected chi connectivity index (χ2v) is 5.71. The first kappa shape index (κ1) is 14.3. The van der Waals surface area contributed by atoms with Crippen molar-refractivity contribution >= 4 is 38.8 Å². The van der Waals surface area contributed by atoms with Crippen molar-refractivity contribution in [2.45, 2.75) is 0 Å². The number of rotatable bonds is 3. The van der Waals surface area contributed by atoms with E-state index in [1.54, 1.807) is 53.1 Å². The lowest BCUT2D eigenvalue weighted by molar-refractivity contribution is 0.100. The molecule has 3 rings (SSSR count). The summed E-state index contributed by atoms with van der Waals surface area (Å²) in [5, 5.41) is 0. The molecule has 0 bridgehead atoms. The second kappa shape index (κ2) is 5.31. The molecule has 22 heavy (non-hydrogen) atoms. The summed E-state index contributed by atoms with van der Waals surface area (Å²) in [4.78, 5) is 24.4. The molecule has 0 unspecified atom stereocenters. The Morgan fingerprint density at radius 1 is 1.05 bits per heavy atom. The third-order valence-corrected chi connectivity index (χ3v) is 3.98. The van der Waals surface area contributed by atoms with Crippen molar-refractivity contribution in [3.63, 3.8) is 0 Å². The maximum atomic E-state index is 12.8. The summed E-state index contributed by atoms with van der Waals surface area (Å²) >= 11 is 3.33. The highest BCUT2D eigenvalue weighted by atomic mass is 79.9. The maximum Gasteiger partial charge on any atom is 0.253 e. The molecule has 3 aromatic rings. The van der Waals surface area contributed by atoms with Gasteiger partial charge in [-0.05, 0) is 36.4 Å². The van der Waals surface area contributed by atoms with Crippen molar-refractivity contribution in [3.05, 3.63) is 70.0 Å². The number of hydrogen-bond donors (Lipinski definition) is 2. The molecule has 5 nitrogen and oxygen atoms in total. The van der Waals surface area contributed by atoms with E-state index in [1.165, 1.54) is 0 Å². The van der Waals surface area contributed by atoms with Crippen molar-refractivity contribution in [2.24, 2.45) is 5.73 Å². The molecule has 2 aromatic heterocycles. The first-order chi connectivity index (χ1) is 10.5. The van der Waals surface area contributed by atoms with Gasteiger partial charge in [-0.1, -0.05) is 22.0 Å². The van der Waals surface area contributed by atoms with Crippen LogP contribution >= 0.6 is 15.9 Å². The topological polar surface area (TPSA) is 90.6 Å². The van der Waals surface area contributed by atoms with Gasteiger partial charge in [0.15, 0.2) is 0 Å². The Bertz CT molecular complexity index is 898. The number of pyridine rings is 1. The highest BCUT2D eigenvalue weighted by Gasteiger charge is 2.24. The monoisotopic (exact) mass is 357 g/mol. The van der Waals surface area contributed by atoms with E-state index in [0.29, 0.717) is 11.1 Å². The van der Waals surface area contributed by atoms with E-state index in [0.717, 1.165) is 4.47 Å². The Hall–Kier alpha value is -2.60. The number of amides is 1. The quantitative estimate of drug-likeness (QED) is 0.705. The van der Waals surface area contributed by atoms with Gasteiger partial charge in [0.2, 0.25) is 5.78 Å². The zero-order valence-corrected chi connectivity index (χ0v) is 13.0.